The average molecular weight is 234 g/mol. The van der Waals surface area contributed by atoms with Gasteiger partial charge in [0.2, 0.25) is 0 Å². The Morgan fingerprint density at radius 2 is 2.18 bits per heavy atom. The van der Waals surface area contributed by atoms with E-state index in [1.165, 1.54) is 38.8 Å². The van der Waals surface area contributed by atoms with E-state index in [-0.39, 0.29) is 5.60 Å². The molecule has 4 aliphatic heterocycles. The minimum atomic E-state index is 0.0687. The minimum absolute atomic E-state index is 0.0687. The van der Waals surface area contributed by atoms with Gasteiger partial charge in [-0.3, -0.25) is 0 Å². The highest BCUT2D eigenvalue weighted by Crippen LogP contribution is 2.50. The molecule has 1 N–H and O–H groups in total. The Kier molecular flexibility index (Phi) is 2.07. The highest BCUT2D eigenvalue weighted by molar-refractivity contribution is 5.24. The van der Waals surface area contributed by atoms with E-state index in [4.69, 9.17) is 4.74 Å². The SMILES string of the molecule is CN1CCC2(CC1)C[C@H]1C[C@@H]3C=C[C@]1(CN2)O3. The van der Waals surface area contributed by atoms with Gasteiger partial charge in [0.25, 0.3) is 0 Å². The zero-order valence-electron chi connectivity index (χ0n) is 10.6. The van der Waals surface area contributed by atoms with Crippen LogP contribution in [0.4, 0.5) is 0 Å². The molecular formula is C14H22N2O. The van der Waals surface area contributed by atoms with Gasteiger partial charge in [0.15, 0.2) is 0 Å². The molecule has 3 atom stereocenters. The Bertz CT molecular complexity index is 359. The molecule has 2 bridgehead atoms. The lowest BCUT2D eigenvalue weighted by molar-refractivity contribution is -0.0321. The molecule has 0 aromatic carbocycles. The number of ether oxygens (including phenoxy) is 1. The summed E-state index contributed by atoms with van der Waals surface area (Å²) < 4.78 is 6.13. The molecule has 0 aromatic rings. The van der Waals surface area contributed by atoms with E-state index >= 15 is 0 Å². The highest BCUT2D eigenvalue weighted by atomic mass is 16.5. The molecule has 0 aliphatic carbocycles. The number of piperidine rings is 2. The monoisotopic (exact) mass is 234 g/mol. The van der Waals surface area contributed by atoms with Gasteiger partial charge in [0.05, 0.1) is 6.10 Å². The van der Waals surface area contributed by atoms with Gasteiger partial charge in [-0.05, 0) is 51.7 Å². The molecule has 3 heteroatoms. The van der Waals surface area contributed by atoms with Crippen LogP contribution in [0.2, 0.25) is 0 Å². The van der Waals surface area contributed by atoms with Gasteiger partial charge in [0, 0.05) is 12.1 Å². The standard InChI is InChI=1S/C14H22N2O/c1-16-6-4-13(5-7-16)9-11-8-12-2-3-14(11,17-12)10-15-13/h2-3,11-12,15H,4-10H2,1H3/t11-,12+,14-/m1/s1. The molecule has 3 fully saturated rings. The van der Waals surface area contributed by atoms with Gasteiger partial charge in [0.1, 0.15) is 5.60 Å². The maximum atomic E-state index is 6.13. The lowest BCUT2D eigenvalue weighted by atomic mass is 9.68. The summed E-state index contributed by atoms with van der Waals surface area (Å²) >= 11 is 0. The molecule has 4 aliphatic rings. The molecule has 0 radical (unpaired) electrons. The third-order valence-corrected chi connectivity index (χ3v) is 5.49. The van der Waals surface area contributed by atoms with Crippen LogP contribution >= 0.6 is 0 Å². The Balaban J connectivity index is 1.54. The van der Waals surface area contributed by atoms with Gasteiger partial charge < -0.3 is 15.0 Å². The van der Waals surface area contributed by atoms with Crippen molar-refractivity contribution in [3.63, 3.8) is 0 Å². The van der Waals surface area contributed by atoms with Crippen molar-refractivity contribution in [2.24, 2.45) is 5.92 Å². The summed E-state index contributed by atoms with van der Waals surface area (Å²) in [5, 5.41) is 3.84. The second-order valence-electron chi connectivity index (χ2n) is 6.54. The molecule has 0 amide bonds. The van der Waals surface area contributed by atoms with Crippen molar-refractivity contribution < 1.29 is 4.74 Å². The Labute approximate surface area is 103 Å². The lowest BCUT2D eigenvalue weighted by Crippen LogP contribution is -2.63. The van der Waals surface area contributed by atoms with E-state index in [9.17, 15) is 0 Å². The molecular weight excluding hydrogens is 212 g/mol. The first-order valence-corrected chi connectivity index (χ1v) is 7.01. The zero-order valence-corrected chi connectivity index (χ0v) is 10.6. The lowest BCUT2D eigenvalue weighted by Gasteiger charge is -2.50. The molecule has 2 spiro atoms. The summed E-state index contributed by atoms with van der Waals surface area (Å²) in [5.74, 6) is 0.766. The molecule has 17 heavy (non-hydrogen) atoms. The van der Waals surface area contributed by atoms with Gasteiger partial charge in [-0.2, -0.15) is 0 Å². The zero-order chi connectivity index (χ0) is 11.5. The van der Waals surface area contributed by atoms with Crippen molar-refractivity contribution in [2.75, 3.05) is 26.7 Å². The van der Waals surface area contributed by atoms with Crippen LogP contribution in [0.15, 0.2) is 12.2 Å². The van der Waals surface area contributed by atoms with Gasteiger partial charge in [-0.15, -0.1) is 0 Å². The van der Waals surface area contributed by atoms with Crippen LogP contribution in [-0.2, 0) is 4.74 Å². The van der Waals surface area contributed by atoms with Gasteiger partial charge in [-0.25, -0.2) is 0 Å². The van der Waals surface area contributed by atoms with E-state index in [1.54, 1.807) is 0 Å². The predicted molar refractivity (Wildman–Crippen MR) is 66.9 cm³/mol. The number of rotatable bonds is 0. The van der Waals surface area contributed by atoms with Crippen LogP contribution in [0.5, 0.6) is 0 Å². The number of likely N-dealkylation sites (tertiary alicyclic amines) is 1. The number of hydrogen-bond donors (Lipinski definition) is 1. The van der Waals surface area contributed by atoms with Crippen molar-refractivity contribution in [1.29, 1.82) is 0 Å². The van der Waals surface area contributed by atoms with E-state index in [2.05, 4.69) is 29.4 Å². The molecule has 0 unspecified atom stereocenters. The normalized spacial score (nSPS) is 47.6. The molecule has 4 heterocycles. The molecule has 3 saturated heterocycles. The van der Waals surface area contributed by atoms with Crippen molar-refractivity contribution >= 4 is 0 Å². The van der Waals surface area contributed by atoms with Crippen molar-refractivity contribution in [2.45, 2.75) is 42.9 Å². The molecule has 3 nitrogen and oxygen atoms in total. The number of hydrogen-bond acceptors (Lipinski definition) is 3. The fourth-order valence-corrected chi connectivity index (χ4v) is 4.27. The topological polar surface area (TPSA) is 24.5 Å². The predicted octanol–water partition coefficient (Wildman–Crippen LogP) is 1.16. The largest absolute Gasteiger partial charge is 0.362 e. The average Bonchev–Trinajstić information content (AvgIpc) is 2.89. The first-order chi connectivity index (χ1) is 8.20. The smallest absolute Gasteiger partial charge is 0.102 e. The van der Waals surface area contributed by atoms with E-state index in [0.717, 1.165) is 12.5 Å². The summed E-state index contributed by atoms with van der Waals surface area (Å²) in [6.07, 6.45) is 10.2. The third-order valence-electron chi connectivity index (χ3n) is 5.49. The summed E-state index contributed by atoms with van der Waals surface area (Å²) in [7, 11) is 2.24. The number of nitrogens with one attached hydrogen (secondary N) is 1. The second-order valence-corrected chi connectivity index (χ2v) is 6.54. The number of fused-ring (bicyclic) bond motifs is 1. The van der Waals surface area contributed by atoms with Crippen molar-refractivity contribution in [1.82, 2.24) is 10.2 Å². The highest BCUT2D eigenvalue weighted by Gasteiger charge is 2.56. The summed E-state index contributed by atoms with van der Waals surface area (Å²) in [6, 6.07) is 0. The summed E-state index contributed by atoms with van der Waals surface area (Å²) in [5.41, 5.74) is 0.489. The maximum absolute atomic E-state index is 6.13. The minimum Gasteiger partial charge on any atom is -0.362 e. The van der Waals surface area contributed by atoms with Crippen LogP contribution in [-0.4, -0.2) is 48.8 Å². The van der Waals surface area contributed by atoms with Crippen LogP contribution in [0.3, 0.4) is 0 Å². The summed E-state index contributed by atoms with van der Waals surface area (Å²) in [4.78, 5) is 2.45. The molecule has 4 rings (SSSR count). The van der Waals surface area contributed by atoms with Crippen molar-refractivity contribution in [3.05, 3.63) is 12.2 Å². The Morgan fingerprint density at radius 1 is 1.35 bits per heavy atom. The van der Waals surface area contributed by atoms with E-state index < -0.39 is 0 Å². The quantitative estimate of drug-likeness (QED) is 0.637. The number of nitrogens with zero attached hydrogens (tertiary/aromatic N) is 1. The van der Waals surface area contributed by atoms with Gasteiger partial charge in [-0.1, -0.05) is 12.2 Å². The first-order valence-electron chi connectivity index (χ1n) is 7.01. The van der Waals surface area contributed by atoms with E-state index in [1.807, 2.05) is 0 Å². The van der Waals surface area contributed by atoms with Crippen LogP contribution in [0, 0.1) is 5.92 Å². The van der Waals surface area contributed by atoms with Gasteiger partial charge >= 0.3 is 0 Å². The molecule has 94 valence electrons. The fourth-order valence-electron chi connectivity index (χ4n) is 4.27. The van der Waals surface area contributed by atoms with Crippen LogP contribution in [0.25, 0.3) is 0 Å². The molecule has 0 aromatic heterocycles. The molecule has 0 saturated carbocycles. The third kappa shape index (κ3) is 1.46. The summed E-state index contributed by atoms with van der Waals surface area (Å²) in [6.45, 7) is 3.52. The Morgan fingerprint density at radius 3 is 2.94 bits per heavy atom. The Hall–Kier alpha value is -0.380. The van der Waals surface area contributed by atoms with Crippen LogP contribution < -0.4 is 5.32 Å². The second kappa shape index (κ2) is 3.34. The maximum Gasteiger partial charge on any atom is 0.102 e. The fraction of sp³-hybridized carbons (Fsp3) is 0.857. The van der Waals surface area contributed by atoms with Crippen molar-refractivity contribution in [3.8, 4) is 0 Å². The first kappa shape index (κ1) is 10.5. The van der Waals surface area contributed by atoms with Crippen LogP contribution in [0.1, 0.15) is 25.7 Å². The van der Waals surface area contributed by atoms with E-state index in [0.29, 0.717) is 11.6 Å².